The van der Waals surface area contributed by atoms with Crippen LogP contribution in [0.2, 0.25) is 0 Å². The van der Waals surface area contributed by atoms with Crippen LogP contribution in [0, 0.1) is 0 Å². The minimum Gasteiger partial charge on any atom is -0.493 e. The highest BCUT2D eigenvalue weighted by Gasteiger charge is 2.25. The van der Waals surface area contributed by atoms with Crippen LogP contribution in [0.3, 0.4) is 0 Å². The van der Waals surface area contributed by atoms with E-state index < -0.39 is 17.9 Å². The summed E-state index contributed by atoms with van der Waals surface area (Å²) in [6.07, 6.45) is 1.68. The van der Waals surface area contributed by atoms with E-state index in [0.29, 0.717) is 24.3 Å². The molecule has 0 saturated carbocycles. The molecule has 0 bridgehead atoms. The van der Waals surface area contributed by atoms with Gasteiger partial charge in [0.05, 0.1) is 13.2 Å². The average molecular weight is 367 g/mol. The van der Waals surface area contributed by atoms with Crippen molar-refractivity contribution in [3.63, 3.8) is 0 Å². The Morgan fingerprint density at radius 1 is 1.15 bits per heavy atom. The number of fused-ring (bicyclic) bond motifs is 1. The second kappa shape index (κ2) is 7.40. The average Bonchev–Trinajstić information content (AvgIpc) is 3.36. The van der Waals surface area contributed by atoms with Gasteiger partial charge in [-0.15, -0.1) is 0 Å². The Kier molecular flexibility index (Phi) is 4.81. The predicted octanol–water partition coefficient (Wildman–Crippen LogP) is 2.68. The van der Waals surface area contributed by atoms with Gasteiger partial charge in [-0.25, -0.2) is 4.79 Å². The molecule has 2 unspecified atom stereocenters. The van der Waals surface area contributed by atoms with Crippen LogP contribution in [-0.2, 0) is 16.0 Å². The topological polar surface area (TPSA) is 84.9 Å². The van der Waals surface area contributed by atoms with Gasteiger partial charge in [0.25, 0.3) is 5.91 Å². The number of aliphatic carboxylic acids is 1. The first-order valence-corrected chi connectivity index (χ1v) is 9.09. The monoisotopic (exact) mass is 367 g/mol. The lowest BCUT2D eigenvalue weighted by molar-refractivity contribution is -0.139. The van der Waals surface area contributed by atoms with Gasteiger partial charge in [0.15, 0.2) is 6.04 Å². The Morgan fingerprint density at radius 3 is 2.81 bits per heavy atom. The molecular formula is C21H21NO5. The zero-order valence-electron chi connectivity index (χ0n) is 14.8. The summed E-state index contributed by atoms with van der Waals surface area (Å²) in [7, 11) is 0. The Balaban J connectivity index is 1.54. The van der Waals surface area contributed by atoms with Gasteiger partial charge < -0.3 is 19.9 Å². The number of rotatable bonds is 5. The molecule has 1 saturated heterocycles. The third-order valence-corrected chi connectivity index (χ3v) is 5.12. The van der Waals surface area contributed by atoms with Gasteiger partial charge >= 0.3 is 5.97 Å². The molecular weight excluding hydrogens is 346 g/mol. The van der Waals surface area contributed by atoms with Crippen molar-refractivity contribution in [1.82, 2.24) is 5.32 Å². The van der Waals surface area contributed by atoms with Gasteiger partial charge in [0.2, 0.25) is 0 Å². The van der Waals surface area contributed by atoms with Crippen LogP contribution < -0.4 is 10.1 Å². The van der Waals surface area contributed by atoms with E-state index in [9.17, 15) is 14.7 Å². The molecule has 0 aromatic heterocycles. The van der Waals surface area contributed by atoms with E-state index in [0.717, 1.165) is 36.3 Å². The van der Waals surface area contributed by atoms with E-state index in [1.807, 2.05) is 18.2 Å². The first-order valence-electron chi connectivity index (χ1n) is 9.09. The van der Waals surface area contributed by atoms with Crippen LogP contribution >= 0.6 is 0 Å². The number of hydrogen-bond donors (Lipinski definition) is 2. The van der Waals surface area contributed by atoms with Crippen molar-refractivity contribution in [2.75, 3.05) is 19.8 Å². The summed E-state index contributed by atoms with van der Waals surface area (Å²) in [6.45, 7) is 1.98. The maximum atomic E-state index is 12.7. The number of benzene rings is 2. The Morgan fingerprint density at radius 2 is 2.04 bits per heavy atom. The molecule has 2 heterocycles. The smallest absolute Gasteiger partial charge is 0.330 e. The van der Waals surface area contributed by atoms with Crippen molar-refractivity contribution in [2.24, 2.45) is 0 Å². The molecule has 2 aromatic rings. The third-order valence-electron chi connectivity index (χ3n) is 5.12. The summed E-state index contributed by atoms with van der Waals surface area (Å²) in [4.78, 5) is 24.5. The lowest BCUT2D eigenvalue weighted by atomic mass is 9.96. The van der Waals surface area contributed by atoms with Crippen molar-refractivity contribution in [2.45, 2.75) is 24.8 Å². The minimum atomic E-state index is -1.11. The number of ether oxygens (including phenoxy) is 2. The summed E-state index contributed by atoms with van der Waals surface area (Å²) in [5, 5.41) is 12.3. The molecule has 6 nitrogen and oxygen atoms in total. The molecule has 2 atom stereocenters. The molecule has 27 heavy (non-hydrogen) atoms. The zero-order valence-corrected chi connectivity index (χ0v) is 14.8. The van der Waals surface area contributed by atoms with E-state index in [2.05, 4.69) is 5.32 Å². The largest absolute Gasteiger partial charge is 0.493 e. The van der Waals surface area contributed by atoms with Crippen LogP contribution in [-0.4, -0.2) is 36.8 Å². The van der Waals surface area contributed by atoms with Crippen molar-refractivity contribution >= 4 is 11.9 Å². The van der Waals surface area contributed by atoms with Crippen molar-refractivity contribution in [3.8, 4) is 5.75 Å². The fourth-order valence-corrected chi connectivity index (χ4v) is 3.62. The van der Waals surface area contributed by atoms with E-state index in [4.69, 9.17) is 9.47 Å². The van der Waals surface area contributed by atoms with Crippen LogP contribution in [0.15, 0.2) is 42.5 Å². The molecule has 0 aliphatic carbocycles. The molecule has 0 radical (unpaired) electrons. The summed E-state index contributed by atoms with van der Waals surface area (Å²) in [5.74, 6) is -0.437. The Hall–Kier alpha value is -2.86. The summed E-state index contributed by atoms with van der Waals surface area (Å²) >= 11 is 0. The highest BCUT2D eigenvalue weighted by molar-refractivity contribution is 5.97. The molecule has 2 aromatic carbocycles. The fraction of sp³-hybridized carbons (Fsp3) is 0.333. The van der Waals surface area contributed by atoms with Gasteiger partial charge in [-0.3, -0.25) is 4.79 Å². The second-order valence-electron chi connectivity index (χ2n) is 6.90. The molecule has 1 amide bonds. The zero-order chi connectivity index (χ0) is 18.8. The van der Waals surface area contributed by atoms with Crippen LogP contribution in [0.1, 0.15) is 45.4 Å². The molecule has 2 aliphatic rings. The maximum absolute atomic E-state index is 12.7. The summed E-state index contributed by atoms with van der Waals surface area (Å²) in [6, 6.07) is 11.5. The standard InChI is InChI=1S/C21H21NO5/c23-20(16-3-1-2-13(10-16)17-6-8-26-12-17)22-19(21(24)25)15-4-5-18-14(11-15)7-9-27-18/h1-5,10-11,17,19H,6-9,12H2,(H,22,23)(H,24,25). The van der Waals surface area contributed by atoms with E-state index in [-0.39, 0.29) is 5.92 Å². The number of amides is 1. The van der Waals surface area contributed by atoms with Crippen molar-refractivity contribution < 1.29 is 24.2 Å². The van der Waals surface area contributed by atoms with E-state index >= 15 is 0 Å². The number of hydrogen-bond acceptors (Lipinski definition) is 4. The number of carbonyl (C=O) groups excluding carboxylic acids is 1. The van der Waals surface area contributed by atoms with E-state index in [1.54, 1.807) is 24.3 Å². The lowest BCUT2D eigenvalue weighted by Gasteiger charge is -2.16. The Bertz CT molecular complexity index is 873. The highest BCUT2D eigenvalue weighted by Crippen LogP contribution is 2.29. The third kappa shape index (κ3) is 3.66. The van der Waals surface area contributed by atoms with Gasteiger partial charge in [-0.1, -0.05) is 18.2 Å². The minimum absolute atomic E-state index is 0.282. The number of carboxylic acids is 1. The second-order valence-corrected chi connectivity index (χ2v) is 6.90. The molecule has 140 valence electrons. The quantitative estimate of drug-likeness (QED) is 0.849. The first kappa shape index (κ1) is 17.5. The predicted molar refractivity (Wildman–Crippen MR) is 98.1 cm³/mol. The highest BCUT2D eigenvalue weighted by atomic mass is 16.5. The molecule has 4 rings (SSSR count). The normalized spacial score (nSPS) is 19.2. The molecule has 2 aliphatic heterocycles. The number of carboxylic acid groups (broad SMARTS) is 1. The van der Waals surface area contributed by atoms with Crippen LogP contribution in [0.25, 0.3) is 0 Å². The van der Waals surface area contributed by atoms with Crippen molar-refractivity contribution in [3.05, 3.63) is 64.7 Å². The number of carbonyl (C=O) groups is 2. The molecule has 6 heteroatoms. The summed E-state index contributed by atoms with van der Waals surface area (Å²) in [5.41, 5.74) is 3.01. The Labute approximate surface area is 157 Å². The fourth-order valence-electron chi connectivity index (χ4n) is 3.62. The number of nitrogens with one attached hydrogen (secondary N) is 1. The van der Waals surface area contributed by atoms with Crippen molar-refractivity contribution in [1.29, 1.82) is 0 Å². The molecule has 2 N–H and O–H groups in total. The SMILES string of the molecule is O=C(NC(C(=O)O)c1ccc2c(c1)CCO2)c1cccc(C2CCOC2)c1. The summed E-state index contributed by atoms with van der Waals surface area (Å²) < 4.78 is 10.9. The molecule has 1 fully saturated rings. The van der Waals surface area contributed by atoms with Gasteiger partial charge in [-0.05, 0) is 47.4 Å². The van der Waals surface area contributed by atoms with Gasteiger partial charge in [0.1, 0.15) is 5.75 Å². The lowest BCUT2D eigenvalue weighted by Crippen LogP contribution is -2.33. The first-order chi connectivity index (χ1) is 13.1. The molecule has 0 spiro atoms. The van der Waals surface area contributed by atoms with Gasteiger partial charge in [-0.2, -0.15) is 0 Å². The maximum Gasteiger partial charge on any atom is 0.330 e. The van der Waals surface area contributed by atoms with Crippen LogP contribution in [0.4, 0.5) is 0 Å². The van der Waals surface area contributed by atoms with Gasteiger partial charge in [0, 0.05) is 24.5 Å². The van der Waals surface area contributed by atoms with E-state index in [1.165, 1.54) is 0 Å². The van der Waals surface area contributed by atoms with Crippen LogP contribution in [0.5, 0.6) is 5.75 Å².